The van der Waals surface area contributed by atoms with Crippen molar-refractivity contribution >= 4 is 0 Å². The van der Waals surface area contributed by atoms with Gasteiger partial charge in [0.25, 0.3) is 0 Å². The second-order valence-electron chi connectivity index (χ2n) is 2.75. The van der Waals surface area contributed by atoms with Gasteiger partial charge < -0.3 is 0 Å². The topological polar surface area (TPSA) is 0 Å². The van der Waals surface area contributed by atoms with E-state index >= 15 is 0 Å². The SMILES string of the molecule is C=CC.C=CCC.CC=CC.CC=CCC. The van der Waals surface area contributed by atoms with Gasteiger partial charge in [-0.2, -0.15) is 0 Å². The van der Waals surface area contributed by atoms with Crippen molar-refractivity contribution in [3.63, 3.8) is 0 Å². The Morgan fingerprint density at radius 3 is 1.06 bits per heavy atom. The molecule has 0 heterocycles. The van der Waals surface area contributed by atoms with Crippen LogP contribution in [-0.4, -0.2) is 0 Å². The molecule has 0 aromatic heterocycles. The van der Waals surface area contributed by atoms with Crippen LogP contribution >= 0.6 is 0 Å². The zero-order valence-electron chi connectivity index (χ0n) is 12.3. The minimum absolute atomic E-state index is 1.08. The maximum atomic E-state index is 3.48. The number of rotatable bonds is 2. The third kappa shape index (κ3) is 212. The summed E-state index contributed by atoms with van der Waals surface area (Å²) in [5, 5.41) is 0. The molecule has 0 aliphatic rings. The molecule has 0 N–H and O–H groups in total. The minimum atomic E-state index is 1.08. The standard InChI is InChI=1S/C5H10.2C4H8.C3H6/c1-3-5-4-2;2*1-3-4-2;1-3-2/h3,5H,4H2,1-2H3;3-4H,1-2H3;3H,1,4H2,2H3;3H,1H2,2H3. The number of allylic oxidation sites excluding steroid dienone is 6. The zero-order valence-corrected chi connectivity index (χ0v) is 12.3. The molecular weight excluding hydrogens is 192 g/mol. The van der Waals surface area contributed by atoms with E-state index in [0.717, 1.165) is 12.8 Å². The third-order valence-corrected chi connectivity index (χ3v) is 1.09. The molecule has 0 unspecified atom stereocenters. The van der Waals surface area contributed by atoms with Gasteiger partial charge in [-0.25, -0.2) is 0 Å². The Morgan fingerprint density at radius 1 is 0.750 bits per heavy atom. The van der Waals surface area contributed by atoms with Gasteiger partial charge in [0, 0.05) is 0 Å². The van der Waals surface area contributed by atoms with E-state index in [-0.39, 0.29) is 0 Å². The van der Waals surface area contributed by atoms with Crippen molar-refractivity contribution in [3.8, 4) is 0 Å². The normalized spacial score (nSPS) is 7.88. The highest BCUT2D eigenvalue weighted by molar-refractivity contribution is 4.73. The van der Waals surface area contributed by atoms with E-state index in [0.29, 0.717) is 0 Å². The highest BCUT2D eigenvalue weighted by atomic mass is 13.6. The monoisotopic (exact) mass is 224 g/mol. The van der Waals surface area contributed by atoms with Crippen LogP contribution in [0.1, 0.15) is 54.4 Å². The molecule has 0 radical (unpaired) electrons. The van der Waals surface area contributed by atoms with Crippen LogP contribution in [0.15, 0.2) is 49.6 Å². The molecule has 16 heavy (non-hydrogen) atoms. The van der Waals surface area contributed by atoms with E-state index in [2.05, 4.69) is 39.2 Å². The van der Waals surface area contributed by atoms with Crippen LogP contribution in [0.25, 0.3) is 0 Å². The molecule has 0 aromatic rings. The van der Waals surface area contributed by atoms with Crippen LogP contribution in [-0.2, 0) is 0 Å². The molecule has 0 amide bonds. The lowest BCUT2D eigenvalue weighted by atomic mass is 10.4. The van der Waals surface area contributed by atoms with Gasteiger partial charge in [-0.3, -0.25) is 0 Å². The fourth-order valence-electron chi connectivity index (χ4n) is 0.236. The largest absolute Gasteiger partial charge is 0.103 e. The van der Waals surface area contributed by atoms with Gasteiger partial charge in [0.15, 0.2) is 0 Å². The van der Waals surface area contributed by atoms with Crippen LogP contribution in [0.3, 0.4) is 0 Å². The lowest BCUT2D eigenvalue weighted by Crippen LogP contribution is -1.43. The van der Waals surface area contributed by atoms with Crippen LogP contribution in [0.5, 0.6) is 0 Å². The Hall–Kier alpha value is -1.04. The zero-order chi connectivity index (χ0) is 13.7. The first-order valence-corrected chi connectivity index (χ1v) is 6.02. The number of hydrogen-bond acceptors (Lipinski definition) is 0. The van der Waals surface area contributed by atoms with Crippen LogP contribution in [0.2, 0.25) is 0 Å². The quantitative estimate of drug-likeness (QED) is 0.481. The fraction of sp³-hybridized carbons (Fsp3) is 0.500. The predicted octanol–water partition coefficient (Wildman–Crippen LogP) is 6.33. The Kier molecular flexibility index (Phi) is 73.4. The van der Waals surface area contributed by atoms with Gasteiger partial charge in [-0.05, 0) is 40.5 Å². The Balaban J connectivity index is -0.0000000610. The second kappa shape index (κ2) is 48.4. The minimum Gasteiger partial charge on any atom is -0.103 e. The van der Waals surface area contributed by atoms with E-state index in [1.807, 2.05) is 45.9 Å². The molecule has 0 bridgehead atoms. The summed E-state index contributed by atoms with van der Waals surface area (Å²) in [5.74, 6) is 0. The highest BCUT2D eigenvalue weighted by Gasteiger charge is 1.52. The van der Waals surface area contributed by atoms with Gasteiger partial charge in [0.05, 0.1) is 0 Å². The van der Waals surface area contributed by atoms with E-state index < -0.39 is 0 Å². The van der Waals surface area contributed by atoms with E-state index in [1.54, 1.807) is 6.08 Å². The molecule has 0 fully saturated rings. The van der Waals surface area contributed by atoms with Gasteiger partial charge in [-0.15, -0.1) is 13.2 Å². The summed E-state index contributed by atoms with van der Waals surface area (Å²) in [4.78, 5) is 0. The van der Waals surface area contributed by atoms with Crippen molar-refractivity contribution < 1.29 is 0 Å². The summed E-state index contributed by atoms with van der Waals surface area (Å²) in [6.07, 6.45) is 14.1. The summed E-state index contributed by atoms with van der Waals surface area (Å²) in [5.41, 5.74) is 0. The maximum Gasteiger partial charge on any atom is -0.0379 e. The predicted molar refractivity (Wildman–Crippen MR) is 82.0 cm³/mol. The van der Waals surface area contributed by atoms with Crippen LogP contribution in [0.4, 0.5) is 0 Å². The summed E-state index contributed by atoms with van der Waals surface area (Å²) >= 11 is 0. The number of hydrogen-bond donors (Lipinski definition) is 0. The van der Waals surface area contributed by atoms with Crippen molar-refractivity contribution in [2.75, 3.05) is 0 Å². The molecule has 0 aliphatic carbocycles. The van der Waals surface area contributed by atoms with Crippen molar-refractivity contribution in [1.82, 2.24) is 0 Å². The maximum absolute atomic E-state index is 3.48. The van der Waals surface area contributed by atoms with Crippen molar-refractivity contribution in [3.05, 3.63) is 49.6 Å². The molecule has 0 aromatic carbocycles. The summed E-state index contributed by atoms with van der Waals surface area (Å²) < 4.78 is 0. The molecule has 0 saturated carbocycles. The smallest absolute Gasteiger partial charge is 0.0379 e. The third-order valence-electron chi connectivity index (χ3n) is 1.09. The van der Waals surface area contributed by atoms with E-state index in [1.165, 1.54) is 0 Å². The average Bonchev–Trinajstić information content (AvgIpc) is 2.32. The fourth-order valence-corrected chi connectivity index (χ4v) is 0.236. The molecule has 0 saturated heterocycles. The van der Waals surface area contributed by atoms with Crippen LogP contribution < -0.4 is 0 Å². The molecule has 0 heteroatoms. The van der Waals surface area contributed by atoms with Gasteiger partial charge in [0.2, 0.25) is 0 Å². The molecular formula is C16H32. The summed E-state index contributed by atoms with van der Waals surface area (Å²) in [6.45, 7) is 18.9. The van der Waals surface area contributed by atoms with Gasteiger partial charge in [-0.1, -0.05) is 50.3 Å². The average molecular weight is 224 g/mol. The second-order valence-corrected chi connectivity index (χ2v) is 2.75. The van der Waals surface area contributed by atoms with Crippen molar-refractivity contribution in [2.24, 2.45) is 0 Å². The molecule has 96 valence electrons. The molecule has 0 rings (SSSR count). The first kappa shape index (κ1) is 24.3. The van der Waals surface area contributed by atoms with Crippen LogP contribution in [0, 0.1) is 0 Å². The Bertz CT molecular complexity index is 134. The lowest BCUT2D eigenvalue weighted by molar-refractivity contribution is 1.22. The molecule has 0 nitrogen and oxygen atoms in total. The Labute approximate surface area is 104 Å². The Morgan fingerprint density at radius 2 is 1.06 bits per heavy atom. The lowest BCUT2D eigenvalue weighted by Gasteiger charge is -1.65. The highest BCUT2D eigenvalue weighted by Crippen LogP contribution is 1.73. The molecule has 0 aliphatic heterocycles. The van der Waals surface area contributed by atoms with Gasteiger partial charge in [0.1, 0.15) is 0 Å². The molecule has 0 spiro atoms. The summed E-state index contributed by atoms with van der Waals surface area (Å²) in [6, 6.07) is 0. The molecule has 0 atom stereocenters. The first-order valence-electron chi connectivity index (χ1n) is 6.02. The van der Waals surface area contributed by atoms with E-state index in [9.17, 15) is 0 Å². The van der Waals surface area contributed by atoms with Crippen molar-refractivity contribution in [1.29, 1.82) is 0 Å². The van der Waals surface area contributed by atoms with Crippen molar-refractivity contribution in [2.45, 2.75) is 54.4 Å². The summed E-state index contributed by atoms with van der Waals surface area (Å²) in [7, 11) is 0. The van der Waals surface area contributed by atoms with Gasteiger partial charge >= 0.3 is 0 Å². The first-order chi connectivity index (χ1) is 7.66. The van der Waals surface area contributed by atoms with E-state index in [4.69, 9.17) is 0 Å².